The molecule has 0 saturated carbocycles. The first-order valence-electron chi connectivity index (χ1n) is 11.0. The number of piperidine rings is 1. The quantitative estimate of drug-likeness (QED) is 0.320. The SMILES string of the molecule is Cc1cccc(Nc2nc(N/N=C\c3ccc(Cl)cc3Cl)nc(N3CCC(C)CC3)n2)c1C. The second-order valence-electron chi connectivity index (χ2n) is 8.36. The van der Waals surface area contributed by atoms with Crippen LogP contribution in [0.5, 0.6) is 0 Å². The number of anilines is 4. The molecule has 1 aliphatic rings. The zero-order chi connectivity index (χ0) is 23.4. The van der Waals surface area contributed by atoms with Gasteiger partial charge in [-0.2, -0.15) is 20.1 Å². The summed E-state index contributed by atoms with van der Waals surface area (Å²) in [6, 6.07) is 11.4. The maximum atomic E-state index is 6.23. The van der Waals surface area contributed by atoms with E-state index in [1.807, 2.05) is 12.1 Å². The average molecular weight is 484 g/mol. The predicted molar refractivity (Wildman–Crippen MR) is 137 cm³/mol. The highest BCUT2D eigenvalue weighted by atomic mass is 35.5. The van der Waals surface area contributed by atoms with Crippen molar-refractivity contribution in [3.8, 4) is 0 Å². The van der Waals surface area contributed by atoms with Crippen molar-refractivity contribution in [3.63, 3.8) is 0 Å². The minimum atomic E-state index is 0.354. The molecular weight excluding hydrogens is 457 g/mol. The van der Waals surface area contributed by atoms with Crippen LogP contribution in [0.4, 0.5) is 23.5 Å². The minimum absolute atomic E-state index is 0.354. The first kappa shape index (κ1) is 23.3. The smallest absolute Gasteiger partial charge is 0.250 e. The number of nitrogens with zero attached hydrogens (tertiary/aromatic N) is 5. The fourth-order valence-electron chi connectivity index (χ4n) is 3.59. The van der Waals surface area contributed by atoms with Crippen LogP contribution in [-0.4, -0.2) is 34.3 Å². The Morgan fingerprint density at radius 2 is 1.79 bits per heavy atom. The topological polar surface area (TPSA) is 78.3 Å². The number of nitrogens with one attached hydrogen (secondary N) is 2. The fraction of sp³-hybridized carbons (Fsp3) is 0.333. The third-order valence-electron chi connectivity index (χ3n) is 5.87. The molecule has 1 fully saturated rings. The molecule has 2 aromatic carbocycles. The third kappa shape index (κ3) is 5.92. The second kappa shape index (κ2) is 10.4. The van der Waals surface area contributed by atoms with Crippen LogP contribution in [0.3, 0.4) is 0 Å². The molecular formula is C24H27Cl2N7. The average Bonchev–Trinajstić information content (AvgIpc) is 2.79. The van der Waals surface area contributed by atoms with Gasteiger partial charge in [-0.1, -0.05) is 48.3 Å². The summed E-state index contributed by atoms with van der Waals surface area (Å²) in [5.74, 6) is 2.16. The molecule has 3 aromatic rings. The standard InChI is InChI=1S/C24H27Cl2N7/c1-15-9-11-33(12-10-15)24-30-22(28-21-6-4-5-16(2)17(21)3)29-23(31-24)32-27-14-18-7-8-19(25)13-20(18)26/h4-8,13-15H,9-12H2,1-3H3,(H2,28,29,30,31,32)/b27-14-. The van der Waals surface area contributed by atoms with Crippen LogP contribution in [-0.2, 0) is 0 Å². The number of hydrazone groups is 1. The molecule has 0 spiro atoms. The molecule has 2 heterocycles. The highest BCUT2D eigenvalue weighted by Crippen LogP contribution is 2.25. The fourth-order valence-corrected chi connectivity index (χ4v) is 4.05. The number of aryl methyl sites for hydroxylation is 1. The van der Waals surface area contributed by atoms with E-state index >= 15 is 0 Å². The molecule has 1 saturated heterocycles. The molecule has 4 rings (SSSR count). The van der Waals surface area contributed by atoms with Crippen LogP contribution in [0, 0.1) is 19.8 Å². The molecule has 0 aliphatic carbocycles. The molecule has 0 unspecified atom stereocenters. The van der Waals surface area contributed by atoms with Gasteiger partial charge in [0.05, 0.1) is 11.2 Å². The lowest BCUT2D eigenvalue weighted by Gasteiger charge is -2.30. The van der Waals surface area contributed by atoms with Crippen molar-refractivity contribution in [1.82, 2.24) is 15.0 Å². The predicted octanol–water partition coefficient (Wildman–Crippen LogP) is 6.22. The molecule has 0 amide bonds. The maximum absolute atomic E-state index is 6.23. The second-order valence-corrected chi connectivity index (χ2v) is 9.20. The van der Waals surface area contributed by atoms with Gasteiger partial charge in [-0.3, -0.25) is 0 Å². The molecule has 33 heavy (non-hydrogen) atoms. The van der Waals surface area contributed by atoms with Crippen molar-refractivity contribution < 1.29 is 0 Å². The summed E-state index contributed by atoms with van der Waals surface area (Å²) in [7, 11) is 0. The number of aromatic nitrogens is 3. The third-order valence-corrected chi connectivity index (χ3v) is 6.43. The van der Waals surface area contributed by atoms with Crippen LogP contribution in [0.2, 0.25) is 10.0 Å². The Hall–Kier alpha value is -2.90. The monoisotopic (exact) mass is 483 g/mol. The van der Waals surface area contributed by atoms with E-state index in [2.05, 4.69) is 57.5 Å². The number of hydrogen-bond acceptors (Lipinski definition) is 7. The summed E-state index contributed by atoms with van der Waals surface area (Å²) in [5.41, 5.74) is 6.97. The number of rotatable bonds is 6. The number of benzene rings is 2. The van der Waals surface area contributed by atoms with E-state index in [9.17, 15) is 0 Å². The van der Waals surface area contributed by atoms with E-state index in [1.165, 1.54) is 5.56 Å². The number of hydrogen-bond donors (Lipinski definition) is 2. The Bertz CT molecular complexity index is 1160. The largest absolute Gasteiger partial charge is 0.341 e. The van der Waals surface area contributed by atoms with Crippen molar-refractivity contribution in [3.05, 3.63) is 63.1 Å². The summed E-state index contributed by atoms with van der Waals surface area (Å²) < 4.78 is 0. The van der Waals surface area contributed by atoms with Crippen LogP contribution in [0.15, 0.2) is 41.5 Å². The lowest BCUT2D eigenvalue weighted by molar-refractivity contribution is 0.434. The van der Waals surface area contributed by atoms with Crippen LogP contribution < -0.4 is 15.6 Å². The Morgan fingerprint density at radius 3 is 2.55 bits per heavy atom. The summed E-state index contributed by atoms with van der Waals surface area (Å²) in [6.45, 7) is 8.26. The molecule has 9 heteroatoms. The van der Waals surface area contributed by atoms with Gasteiger partial charge in [0.15, 0.2) is 0 Å². The first-order chi connectivity index (χ1) is 15.9. The van der Waals surface area contributed by atoms with Gasteiger partial charge in [0.2, 0.25) is 17.8 Å². The summed E-state index contributed by atoms with van der Waals surface area (Å²) in [5, 5.41) is 8.72. The Balaban J connectivity index is 1.60. The molecule has 0 atom stereocenters. The van der Waals surface area contributed by atoms with Crippen molar-refractivity contribution in [2.45, 2.75) is 33.6 Å². The van der Waals surface area contributed by atoms with E-state index in [4.69, 9.17) is 28.2 Å². The Labute approximate surface area is 204 Å². The van der Waals surface area contributed by atoms with Crippen molar-refractivity contribution in [2.24, 2.45) is 11.0 Å². The van der Waals surface area contributed by atoms with E-state index in [1.54, 1.807) is 24.4 Å². The molecule has 0 bridgehead atoms. The summed E-state index contributed by atoms with van der Waals surface area (Å²) in [4.78, 5) is 16.1. The zero-order valence-corrected chi connectivity index (χ0v) is 20.5. The van der Waals surface area contributed by atoms with E-state index < -0.39 is 0 Å². The van der Waals surface area contributed by atoms with Crippen LogP contribution >= 0.6 is 23.2 Å². The molecule has 7 nitrogen and oxygen atoms in total. The van der Waals surface area contributed by atoms with Gasteiger partial charge >= 0.3 is 0 Å². The van der Waals surface area contributed by atoms with Gasteiger partial charge < -0.3 is 10.2 Å². The van der Waals surface area contributed by atoms with Crippen molar-refractivity contribution in [2.75, 3.05) is 28.7 Å². The molecule has 1 aliphatic heterocycles. The highest BCUT2D eigenvalue weighted by molar-refractivity contribution is 6.36. The Morgan fingerprint density at radius 1 is 1.03 bits per heavy atom. The summed E-state index contributed by atoms with van der Waals surface area (Å²) in [6.07, 6.45) is 3.84. The van der Waals surface area contributed by atoms with E-state index in [0.29, 0.717) is 33.8 Å². The zero-order valence-electron chi connectivity index (χ0n) is 18.9. The summed E-state index contributed by atoms with van der Waals surface area (Å²) >= 11 is 12.2. The van der Waals surface area contributed by atoms with E-state index in [-0.39, 0.29) is 0 Å². The molecule has 172 valence electrons. The Kier molecular flexibility index (Phi) is 7.30. The lowest BCUT2D eigenvalue weighted by atomic mass is 10.00. The molecule has 1 aromatic heterocycles. The van der Waals surface area contributed by atoms with Gasteiger partial charge in [0.1, 0.15) is 0 Å². The number of halogens is 2. The van der Waals surface area contributed by atoms with Crippen LogP contribution in [0.25, 0.3) is 0 Å². The molecule has 2 N–H and O–H groups in total. The van der Waals surface area contributed by atoms with Gasteiger partial charge in [-0.15, -0.1) is 0 Å². The van der Waals surface area contributed by atoms with Crippen LogP contribution in [0.1, 0.15) is 36.5 Å². The first-order valence-corrected chi connectivity index (χ1v) is 11.7. The molecule has 0 radical (unpaired) electrons. The normalized spacial score (nSPS) is 14.6. The van der Waals surface area contributed by atoms with E-state index in [0.717, 1.165) is 42.7 Å². The van der Waals surface area contributed by atoms with Gasteiger partial charge in [-0.25, -0.2) is 5.43 Å². The van der Waals surface area contributed by atoms with Crippen molar-refractivity contribution >= 4 is 52.9 Å². The van der Waals surface area contributed by atoms with Crippen molar-refractivity contribution in [1.29, 1.82) is 0 Å². The van der Waals surface area contributed by atoms with Gasteiger partial charge in [-0.05, 0) is 61.9 Å². The maximum Gasteiger partial charge on any atom is 0.250 e. The minimum Gasteiger partial charge on any atom is -0.341 e. The van der Waals surface area contributed by atoms with Gasteiger partial charge in [0.25, 0.3) is 0 Å². The highest BCUT2D eigenvalue weighted by Gasteiger charge is 2.20. The van der Waals surface area contributed by atoms with Gasteiger partial charge in [0, 0.05) is 29.4 Å². The lowest BCUT2D eigenvalue weighted by Crippen LogP contribution is -2.34.